The third kappa shape index (κ3) is 7.70. The van der Waals surface area contributed by atoms with Gasteiger partial charge in [-0.25, -0.2) is 4.39 Å². The highest BCUT2D eigenvalue weighted by Gasteiger charge is 2.29. The molecule has 0 aromatic heterocycles. The van der Waals surface area contributed by atoms with Gasteiger partial charge >= 0.3 is 0 Å². The summed E-state index contributed by atoms with van der Waals surface area (Å²) in [6.45, 7) is 5.84. The lowest BCUT2D eigenvalue weighted by Gasteiger charge is -2.31. The lowest BCUT2D eigenvalue weighted by atomic mass is 10.1. The minimum atomic E-state index is -0.621. The molecular formula is C23H27Cl2FN2O2S. The molecule has 31 heavy (non-hydrogen) atoms. The average molecular weight is 485 g/mol. The van der Waals surface area contributed by atoms with Gasteiger partial charge in [0.25, 0.3) is 0 Å². The summed E-state index contributed by atoms with van der Waals surface area (Å²) in [5, 5.41) is 3.99. The van der Waals surface area contributed by atoms with E-state index in [4.69, 9.17) is 23.2 Å². The molecule has 2 aromatic rings. The minimum Gasteiger partial charge on any atom is -0.352 e. The number of hydrogen-bond donors (Lipinski definition) is 1. The molecule has 0 aliphatic carbocycles. The van der Waals surface area contributed by atoms with Gasteiger partial charge in [0, 0.05) is 28.4 Å². The first-order valence-electron chi connectivity index (χ1n) is 10.1. The standard InChI is InChI=1S/C23H27Cl2FN2O2S/c1-4-21(23(30)27-15(2)3)28(12-16-8-10-17(26)11-9-16)22(29)14-31-13-18-19(24)6-5-7-20(18)25/h5-11,15,21H,4,12-14H2,1-3H3,(H,27,30)/t21-/m0/s1. The second-order valence-electron chi connectivity index (χ2n) is 7.43. The van der Waals surface area contributed by atoms with Crippen molar-refractivity contribution < 1.29 is 14.0 Å². The van der Waals surface area contributed by atoms with E-state index in [0.717, 1.165) is 11.1 Å². The van der Waals surface area contributed by atoms with Crippen LogP contribution in [0.4, 0.5) is 4.39 Å². The number of thioether (sulfide) groups is 1. The van der Waals surface area contributed by atoms with Gasteiger partial charge in [-0.3, -0.25) is 9.59 Å². The molecule has 0 spiro atoms. The van der Waals surface area contributed by atoms with Crippen LogP contribution in [0.3, 0.4) is 0 Å². The second kappa shape index (κ2) is 12.3. The van der Waals surface area contributed by atoms with Gasteiger partial charge in [0.2, 0.25) is 11.8 Å². The van der Waals surface area contributed by atoms with Gasteiger partial charge in [0.15, 0.2) is 0 Å². The molecule has 2 aromatic carbocycles. The molecule has 168 valence electrons. The van der Waals surface area contributed by atoms with Crippen LogP contribution in [0.15, 0.2) is 42.5 Å². The quantitative estimate of drug-likeness (QED) is 0.470. The number of benzene rings is 2. The highest BCUT2D eigenvalue weighted by molar-refractivity contribution is 7.99. The molecule has 0 saturated carbocycles. The van der Waals surface area contributed by atoms with E-state index < -0.39 is 6.04 Å². The number of nitrogens with one attached hydrogen (secondary N) is 1. The second-order valence-corrected chi connectivity index (χ2v) is 9.23. The normalized spacial score (nSPS) is 12.0. The number of carbonyl (C=O) groups excluding carboxylic acids is 2. The third-order valence-electron chi connectivity index (χ3n) is 4.62. The maximum absolute atomic E-state index is 13.3. The number of amides is 2. The van der Waals surface area contributed by atoms with Gasteiger partial charge in [0.1, 0.15) is 11.9 Å². The van der Waals surface area contributed by atoms with E-state index in [9.17, 15) is 14.0 Å². The Hall–Kier alpha value is -1.76. The molecule has 0 bridgehead atoms. The highest BCUT2D eigenvalue weighted by Crippen LogP contribution is 2.28. The van der Waals surface area contributed by atoms with Crippen molar-refractivity contribution in [2.75, 3.05) is 5.75 Å². The van der Waals surface area contributed by atoms with Crippen LogP contribution in [0.2, 0.25) is 10.0 Å². The number of hydrogen-bond acceptors (Lipinski definition) is 3. The Morgan fingerprint density at radius 2 is 1.71 bits per heavy atom. The Bertz CT molecular complexity index is 873. The van der Waals surface area contributed by atoms with Crippen LogP contribution in [0.1, 0.15) is 38.3 Å². The van der Waals surface area contributed by atoms with Gasteiger partial charge < -0.3 is 10.2 Å². The Morgan fingerprint density at radius 1 is 1.10 bits per heavy atom. The van der Waals surface area contributed by atoms with E-state index >= 15 is 0 Å². The Labute approximate surface area is 197 Å². The van der Waals surface area contributed by atoms with Gasteiger partial charge in [-0.1, -0.05) is 48.3 Å². The fourth-order valence-corrected chi connectivity index (χ4v) is 4.73. The summed E-state index contributed by atoms with van der Waals surface area (Å²) in [6, 6.07) is 10.6. The summed E-state index contributed by atoms with van der Waals surface area (Å²) in [7, 11) is 0. The van der Waals surface area contributed by atoms with Crippen molar-refractivity contribution in [3.63, 3.8) is 0 Å². The van der Waals surface area contributed by atoms with Crippen molar-refractivity contribution in [2.45, 2.75) is 51.6 Å². The maximum Gasteiger partial charge on any atom is 0.243 e. The van der Waals surface area contributed by atoms with E-state index in [1.165, 1.54) is 23.9 Å². The first-order chi connectivity index (χ1) is 14.7. The summed E-state index contributed by atoms with van der Waals surface area (Å²) >= 11 is 13.8. The summed E-state index contributed by atoms with van der Waals surface area (Å²) < 4.78 is 13.3. The molecule has 4 nitrogen and oxygen atoms in total. The van der Waals surface area contributed by atoms with Crippen molar-refractivity contribution in [1.29, 1.82) is 0 Å². The molecular weight excluding hydrogens is 458 g/mol. The molecule has 0 saturated heterocycles. The van der Waals surface area contributed by atoms with Crippen LogP contribution in [-0.2, 0) is 21.9 Å². The molecule has 0 unspecified atom stereocenters. The first-order valence-corrected chi connectivity index (χ1v) is 12.0. The minimum absolute atomic E-state index is 0.0407. The van der Waals surface area contributed by atoms with Crippen molar-refractivity contribution >= 4 is 46.8 Å². The van der Waals surface area contributed by atoms with Gasteiger partial charge in [0.05, 0.1) is 5.75 Å². The topological polar surface area (TPSA) is 49.4 Å². The fraction of sp³-hybridized carbons (Fsp3) is 0.391. The Balaban J connectivity index is 2.16. The van der Waals surface area contributed by atoms with E-state index in [0.29, 0.717) is 22.2 Å². The van der Waals surface area contributed by atoms with Crippen LogP contribution in [0, 0.1) is 5.82 Å². The third-order valence-corrected chi connectivity index (χ3v) is 6.27. The van der Waals surface area contributed by atoms with Crippen LogP contribution < -0.4 is 5.32 Å². The van der Waals surface area contributed by atoms with Gasteiger partial charge in [-0.15, -0.1) is 11.8 Å². The molecule has 0 radical (unpaired) electrons. The summed E-state index contributed by atoms with van der Waals surface area (Å²) in [5.74, 6) is -0.0913. The van der Waals surface area contributed by atoms with E-state index in [1.54, 1.807) is 35.2 Å². The number of carbonyl (C=O) groups is 2. The summed E-state index contributed by atoms with van der Waals surface area (Å²) in [6.07, 6.45) is 0.465. The predicted octanol–water partition coefficient (Wildman–Crippen LogP) is 5.70. The lowest BCUT2D eigenvalue weighted by Crippen LogP contribution is -2.50. The molecule has 0 aliphatic heterocycles. The molecule has 1 N–H and O–H groups in total. The zero-order valence-electron chi connectivity index (χ0n) is 17.8. The largest absolute Gasteiger partial charge is 0.352 e. The van der Waals surface area contributed by atoms with Crippen molar-refractivity contribution in [3.8, 4) is 0 Å². The average Bonchev–Trinajstić information content (AvgIpc) is 2.70. The fourth-order valence-electron chi connectivity index (χ4n) is 3.08. The van der Waals surface area contributed by atoms with Crippen LogP contribution in [-0.4, -0.2) is 34.6 Å². The lowest BCUT2D eigenvalue weighted by molar-refractivity contribution is -0.139. The molecule has 2 amide bonds. The van der Waals surface area contributed by atoms with Crippen molar-refractivity contribution in [3.05, 3.63) is 69.5 Å². The summed E-state index contributed by atoms with van der Waals surface area (Å²) in [5.41, 5.74) is 1.53. The van der Waals surface area contributed by atoms with E-state index in [1.807, 2.05) is 20.8 Å². The molecule has 0 heterocycles. The SMILES string of the molecule is CC[C@@H](C(=O)NC(C)C)N(Cc1ccc(F)cc1)C(=O)CSCc1c(Cl)cccc1Cl. The molecule has 8 heteroatoms. The Morgan fingerprint density at radius 3 is 2.26 bits per heavy atom. The van der Waals surface area contributed by atoms with Crippen LogP contribution >= 0.6 is 35.0 Å². The van der Waals surface area contributed by atoms with Crippen molar-refractivity contribution in [1.82, 2.24) is 10.2 Å². The maximum atomic E-state index is 13.3. The number of halogens is 3. The number of rotatable bonds is 10. The van der Waals surface area contributed by atoms with Crippen molar-refractivity contribution in [2.24, 2.45) is 0 Å². The van der Waals surface area contributed by atoms with E-state index in [2.05, 4.69) is 5.32 Å². The van der Waals surface area contributed by atoms with Gasteiger partial charge in [-0.05, 0) is 55.7 Å². The van der Waals surface area contributed by atoms with Crippen LogP contribution in [0.5, 0.6) is 0 Å². The predicted molar refractivity (Wildman–Crippen MR) is 127 cm³/mol. The van der Waals surface area contributed by atoms with Gasteiger partial charge in [-0.2, -0.15) is 0 Å². The molecule has 0 fully saturated rings. The zero-order chi connectivity index (χ0) is 23.0. The molecule has 2 rings (SSSR count). The first kappa shape index (κ1) is 25.5. The molecule has 0 aliphatic rings. The number of nitrogens with zero attached hydrogens (tertiary/aromatic N) is 1. The smallest absolute Gasteiger partial charge is 0.243 e. The Kier molecular flexibility index (Phi) is 10.1. The highest BCUT2D eigenvalue weighted by atomic mass is 35.5. The summed E-state index contributed by atoms with van der Waals surface area (Å²) in [4.78, 5) is 27.5. The zero-order valence-corrected chi connectivity index (χ0v) is 20.2. The van der Waals surface area contributed by atoms with E-state index in [-0.39, 0.29) is 36.0 Å². The van der Waals surface area contributed by atoms with Crippen LogP contribution in [0.25, 0.3) is 0 Å². The monoisotopic (exact) mass is 484 g/mol. The molecule has 1 atom stereocenters.